The fourth-order valence-electron chi connectivity index (χ4n) is 1.90. The zero-order valence-corrected chi connectivity index (χ0v) is 8.50. The molecule has 1 aliphatic rings. The molecule has 76 valence electrons. The second-order valence-corrected chi connectivity index (χ2v) is 4.40. The topological polar surface area (TPSA) is 69.6 Å². The molecule has 1 aliphatic heterocycles. The molecule has 2 atom stereocenters. The van der Waals surface area contributed by atoms with E-state index in [1.807, 2.05) is 16.2 Å². The first kappa shape index (κ1) is 9.61. The van der Waals surface area contributed by atoms with E-state index in [1.54, 1.807) is 11.3 Å². The number of rotatable bonds is 3. The predicted molar refractivity (Wildman–Crippen MR) is 49.5 cm³/mol. The molecule has 2 heterocycles. The normalized spacial score (nSPS) is 26.6. The first-order chi connectivity index (χ1) is 6.75. The number of carbonyl (C=O) groups excluding carboxylic acids is 1. The molecular formula is C9H12N2O2S. The monoisotopic (exact) mass is 212 g/mol. The van der Waals surface area contributed by atoms with Crippen LogP contribution in [0, 0.1) is 5.92 Å². The highest BCUT2D eigenvalue weighted by Gasteiger charge is 2.29. The third-order valence-electron chi connectivity index (χ3n) is 2.63. The van der Waals surface area contributed by atoms with E-state index in [4.69, 9.17) is 0 Å². The van der Waals surface area contributed by atoms with Crippen LogP contribution < -0.4 is 10.4 Å². The number of aromatic nitrogens is 1. The average Bonchev–Trinajstić information content (AvgIpc) is 2.75. The molecule has 1 aromatic rings. The minimum atomic E-state index is -0.939. The maximum Gasteiger partial charge on any atom is 0.127 e. The van der Waals surface area contributed by atoms with Crippen molar-refractivity contribution in [3.8, 4) is 0 Å². The Labute approximate surface area is 86.0 Å². The smallest absolute Gasteiger partial charge is 0.127 e. The number of aliphatic carboxylic acids is 1. The van der Waals surface area contributed by atoms with Gasteiger partial charge < -0.3 is 15.2 Å². The van der Waals surface area contributed by atoms with Crippen molar-refractivity contribution in [3.63, 3.8) is 0 Å². The molecule has 0 radical (unpaired) electrons. The van der Waals surface area contributed by atoms with Crippen molar-refractivity contribution in [2.45, 2.75) is 18.9 Å². The van der Waals surface area contributed by atoms with Gasteiger partial charge in [-0.1, -0.05) is 0 Å². The molecule has 0 amide bonds. The molecule has 4 nitrogen and oxygen atoms in total. The summed E-state index contributed by atoms with van der Waals surface area (Å²) < 4.78 is 0. The van der Waals surface area contributed by atoms with Gasteiger partial charge in [0.15, 0.2) is 0 Å². The Bertz CT molecular complexity index is 313. The summed E-state index contributed by atoms with van der Waals surface area (Å²) in [5.41, 5.74) is 2.89. The molecule has 0 spiro atoms. The second kappa shape index (κ2) is 4.06. The van der Waals surface area contributed by atoms with Crippen molar-refractivity contribution in [1.82, 2.24) is 4.98 Å². The molecule has 0 bridgehead atoms. The summed E-state index contributed by atoms with van der Waals surface area (Å²) in [5, 5.41) is 14.5. The Hall–Kier alpha value is -0.940. The number of hydrogen-bond donors (Lipinski definition) is 1. The van der Waals surface area contributed by atoms with E-state index in [-0.39, 0.29) is 6.04 Å². The largest absolute Gasteiger partial charge is 0.544 e. The average molecular weight is 212 g/mol. The Morgan fingerprint density at radius 3 is 3.21 bits per heavy atom. The van der Waals surface area contributed by atoms with Crippen LogP contribution in [0.3, 0.4) is 0 Å². The van der Waals surface area contributed by atoms with Crippen molar-refractivity contribution in [3.05, 3.63) is 16.6 Å². The first-order valence-corrected chi connectivity index (χ1v) is 5.61. The molecule has 0 saturated carbocycles. The highest BCUT2D eigenvalue weighted by Crippen LogP contribution is 2.15. The third-order valence-corrected chi connectivity index (χ3v) is 3.26. The number of thiazole rings is 1. The van der Waals surface area contributed by atoms with Gasteiger partial charge in [-0.05, 0) is 6.42 Å². The van der Waals surface area contributed by atoms with Gasteiger partial charge in [0.25, 0.3) is 0 Å². The molecule has 0 aromatic carbocycles. The summed E-state index contributed by atoms with van der Waals surface area (Å²) in [7, 11) is 0. The fraction of sp³-hybridized carbons (Fsp3) is 0.556. The summed E-state index contributed by atoms with van der Waals surface area (Å²) in [6.07, 6.45) is 1.60. The van der Waals surface area contributed by atoms with Crippen LogP contribution in [0.4, 0.5) is 0 Å². The standard InChI is InChI=1S/C9H12N2O2S/c12-9(13)8-2-6(3-10-8)1-7-4-14-5-11-7/h4-6,8,10H,1-3H2,(H,12,13)/t6-,8+/m1/s1. The van der Waals surface area contributed by atoms with Crippen LogP contribution in [0.2, 0.25) is 0 Å². The van der Waals surface area contributed by atoms with E-state index in [2.05, 4.69) is 4.98 Å². The number of carbonyl (C=O) groups is 1. The Morgan fingerprint density at radius 1 is 1.79 bits per heavy atom. The van der Waals surface area contributed by atoms with Crippen LogP contribution in [0.15, 0.2) is 10.9 Å². The van der Waals surface area contributed by atoms with E-state index < -0.39 is 5.97 Å². The molecule has 1 saturated heterocycles. The molecule has 0 unspecified atom stereocenters. The number of nitrogens with zero attached hydrogens (tertiary/aromatic N) is 1. The van der Waals surface area contributed by atoms with Crippen LogP contribution >= 0.6 is 11.3 Å². The summed E-state index contributed by atoms with van der Waals surface area (Å²) in [6, 6.07) is -0.348. The van der Waals surface area contributed by atoms with Crippen molar-refractivity contribution >= 4 is 17.3 Å². The van der Waals surface area contributed by atoms with Gasteiger partial charge >= 0.3 is 0 Å². The summed E-state index contributed by atoms with van der Waals surface area (Å²) >= 11 is 1.58. The maximum absolute atomic E-state index is 10.6. The lowest BCUT2D eigenvalue weighted by Gasteiger charge is -2.06. The third kappa shape index (κ3) is 2.10. The fourth-order valence-corrected chi connectivity index (χ4v) is 2.47. The minimum absolute atomic E-state index is 0.348. The molecule has 2 N–H and O–H groups in total. The quantitative estimate of drug-likeness (QED) is 0.655. The van der Waals surface area contributed by atoms with Gasteiger partial charge in [-0.15, -0.1) is 11.3 Å². The Balaban J connectivity index is 1.87. The van der Waals surface area contributed by atoms with Crippen LogP contribution in [0.5, 0.6) is 0 Å². The minimum Gasteiger partial charge on any atom is -0.544 e. The molecule has 0 aliphatic carbocycles. The highest BCUT2D eigenvalue weighted by molar-refractivity contribution is 7.07. The summed E-state index contributed by atoms with van der Waals surface area (Å²) in [6.45, 7) is 0.871. The Morgan fingerprint density at radius 2 is 2.64 bits per heavy atom. The zero-order valence-electron chi connectivity index (χ0n) is 7.68. The molecule has 1 fully saturated rings. The van der Waals surface area contributed by atoms with Crippen molar-refractivity contribution in [2.75, 3.05) is 6.54 Å². The lowest BCUT2D eigenvalue weighted by molar-refractivity contribution is -0.666. The SMILES string of the molecule is O=C([O-])[C@@H]1C[C@@H](Cc2cscn2)C[NH2+]1. The number of nitrogens with two attached hydrogens (primary N) is 1. The van der Waals surface area contributed by atoms with Crippen LogP contribution in [0.1, 0.15) is 12.1 Å². The van der Waals surface area contributed by atoms with E-state index >= 15 is 0 Å². The predicted octanol–water partition coefficient (Wildman–Crippen LogP) is -1.61. The van der Waals surface area contributed by atoms with Crippen molar-refractivity contribution in [1.29, 1.82) is 0 Å². The highest BCUT2D eigenvalue weighted by atomic mass is 32.1. The van der Waals surface area contributed by atoms with Gasteiger partial charge in [0, 0.05) is 17.7 Å². The number of hydrogen-bond acceptors (Lipinski definition) is 4. The molecule has 1 aromatic heterocycles. The van der Waals surface area contributed by atoms with E-state index in [0.717, 1.165) is 18.7 Å². The lowest BCUT2D eigenvalue weighted by Crippen LogP contribution is -2.90. The van der Waals surface area contributed by atoms with Gasteiger partial charge in [0.1, 0.15) is 6.04 Å². The molecule has 2 rings (SSSR count). The van der Waals surface area contributed by atoms with Crippen molar-refractivity contribution < 1.29 is 15.2 Å². The van der Waals surface area contributed by atoms with Crippen LogP contribution in [0.25, 0.3) is 0 Å². The number of carboxylic acids is 1. The van der Waals surface area contributed by atoms with Crippen molar-refractivity contribution in [2.24, 2.45) is 5.92 Å². The molecule has 14 heavy (non-hydrogen) atoms. The lowest BCUT2D eigenvalue weighted by atomic mass is 10.0. The first-order valence-electron chi connectivity index (χ1n) is 4.67. The summed E-state index contributed by atoms with van der Waals surface area (Å²) in [4.78, 5) is 14.8. The number of carboxylic acid groups (broad SMARTS) is 1. The Kier molecular flexibility index (Phi) is 2.79. The van der Waals surface area contributed by atoms with E-state index in [9.17, 15) is 9.90 Å². The van der Waals surface area contributed by atoms with Gasteiger partial charge in [0.2, 0.25) is 0 Å². The second-order valence-electron chi connectivity index (χ2n) is 3.68. The van der Waals surface area contributed by atoms with Gasteiger partial charge in [-0.25, -0.2) is 4.98 Å². The van der Waals surface area contributed by atoms with Gasteiger partial charge in [-0.3, -0.25) is 0 Å². The van der Waals surface area contributed by atoms with E-state index in [0.29, 0.717) is 12.3 Å². The van der Waals surface area contributed by atoms with Crippen LogP contribution in [-0.4, -0.2) is 23.5 Å². The van der Waals surface area contributed by atoms with Gasteiger partial charge in [-0.2, -0.15) is 0 Å². The van der Waals surface area contributed by atoms with Crippen LogP contribution in [-0.2, 0) is 11.2 Å². The molecule has 5 heteroatoms. The maximum atomic E-state index is 10.6. The molecular weight excluding hydrogens is 200 g/mol. The number of quaternary nitrogens is 1. The van der Waals surface area contributed by atoms with Gasteiger partial charge in [0.05, 0.1) is 23.7 Å². The summed E-state index contributed by atoms with van der Waals surface area (Å²) in [5.74, 6) is -0.509. The zero-order chi connectivity index (χ0) is 9.97. The van der Waals surface area contributed by atoms with E-state index in [1.165, 1.54) is 0 Å².